The first kappa shape index (κ1) is 21.6. The molecule has 3 unspecified atom stereocenters. The van der Waals surface area contributed by atoms with Crippen LogP contribution in [0.4, 0.5) is 8.78 Å². The van der Waals surface area contributed by atoms with Crippen LogP contribution in [-0.2, 0) is 4.79 Å². The van der Waals surface area contributed by atoms with Crippen molar-refractivity contribution < 1.29 is 18.7 Å². The van der Waals surface area contributed by atoms with Gasteiger partial charge < -0.3 is 15.7 Å². The number of thioether (sulfide) groups is 1. The zero-order chi connectivity index (χ0) is 18.5. The van der Waals surface area contributed by atoms with Crippen molar-refractivity contribution in [1.29, 1.82) is 0 Å². The van der Waals surface area contributed by atoms with Crippen molar-refractivity contribution in [1.82, 2.24) is 10.6 Å². The van der Waals surface area contributed by atoms with E-state index in [1.807, 2.05) is 6.07 Å². The van der Waals surface area contributed by atoms with Gasteiger partial charge in [-0.1, -0.05) is 30.3 Å². The third kappa shape index (κ3) is 5.65. The minimum Gasteiger partial charge on any atom is -0.391 e. The molecule has 1 heterocycles. The minimum absolute atomic E-state index is 0. The molecule has 3 atom stereocenters. The van der Waals surface area contributed by atoms with E-state index >= 15 is 0 Å². The van der Waals surface area contributed by atoms with Crippen LogP contribution in [0.2, 0.25) is 0 Å². The Hall–Kier alpha value is -1.67. The van der Waals surface area contributed by atoms with E-state index in [2.05, 4.69) is 10.6 Å². The predicted molar refractivity (Wildman–Crippen MR) is 104 cm³/mol. The Morgan fingerprint density at radius 2 is 1.96 bits per heavy atom. The Balaban J connectivity index is 0.00000261. The number of carbonyl (C=O) groups excluding carboxylic acids is 1. The number of nitrogens with one attached hydrogen (secondary N) is 2. The zero-order valence-electron chi connectivity index (χ0n) is 14.4. The van der Waals surface area contributed by atoms with Gasteiger partial charge in [-0.25, -0.2) is 8.78 Å². The van der Waals surface area contributed by atoms with Crippen molar-refractivity contribution in [2.45, 2.75) is 16.2 Å². The largest absolute Gasteiger partial charge is 0.391 e. The zero-order valence-corrected chi connectivity index (χ0v) is 16.0. The van der Waals surface area contributed by atoms with Crippen molar-refractivity contribution in [2.75, 3.05) is 19.6 Å². The summed E-state index contributed by atoms with van der Waals surface area (Å²) in [5, 5.41) is 15.0. The smallest absolute Gasteiger partial charge is 0.238 e. The van der Waals surface area contributed by atoms with Gasteiger partial charge in [-0.2, -0.15) is 0 Å². The molecule has 0 radical (unpaired) electrons. The van der Waals surface area contributed by atoms with Crippen LogP contribution in [0.1, 0.15) is 10.8 Å². The predicted octanol–water partition coefficient (Wildman–Crippen LogP) is 2.92. The standard InChI is InChI=1S/C19H20F2N2O2S.ClH/c20-14-6-7-15(21)17(8-14)26-18(12-4-2-1-3-5-12)19(25)23-10-13-9-22-11-16(13)24;/h1-8,13,16,18,22,24H,9-11H2,(H,23,25);1H. The Kier molecular flexibility index (Phi) is 8.04. The Morgan fingerprint density at radius 1 is 1.22 bits per heavy atom. The molecule has 4 nitrogen and oxygen atoms in total. The van der Waals surface area contributed by atoms with Crippen molar-refractivity contribution in [3.8, 4) is 0 Å². The maximum absolute atomic E-state index is 14.0. The summed E-state index contributed by atoms with van der Waals surface area (Å²) in [6.45, 7) is 1.46. The van der Waals surface area contributed by atoms with Crippen LogP contribution in [0.15, 0.2) is 53.4 Å². The lowest BCUT2D eigenvalue weighted by atomic mass is 10.1. The molecule has 8 heteroatoms. The summed E-state index contributed by atoms with van der Waals surface area (Å²) in [6, 6.07) is 12.2. The number of hydrogen-bond donors (Lipinski definition) is 3. The monoisotopic (exact) mass is 414 g/mol. The minimum atomic E-state index is -0.723. The number of benzene rings is 2. The molecule has 1 aliphatic heterocycles. The Labute approximate surface area is 167 Å². The summed E-state index contributed by atoms with van der Waals surface area (Å²) in [5.74, 6) is -1.49. The maximum atomic E-state index is 14.0. The van der Waals surface area contributed by atoms with Crippen LogP contribution in [0.3, 0.4) is 0 Å². The van der Waals surface area contributed by atoms with Crippen LogP contribution in [0, 0.1) is 17.6 Å². The number of aliphatic hydroxyl groups is 1. The summed E-state index contributed by atoms with van der Waals surface area (Å²) in [6.07, 6.45) is -0.501. The van der Waals surface area contributed by atoms with Gasteiger partial charge in [0.15, 0.2) is 0 Å². The molecule has 2 aromatic rings. The van der Waals surface area contributed by atoms with E-state index in [-0.39, 0.29) is 29.1 Å². The molecule has 1 fully saturated rings. The van der Waals surface area contributed by atoms with E-state index in [0.717, 1.165) is 30.0 Å². The highest BCUT2D eigenvalue weighted by Gasteiger charge is 2.28. The van der Waals surface area contributed by atoms with E-state index < -0.39 is 23.0 Å². The molecule has 2 aromatic carbocycles. The lowest BCUT2D eigenvalue weighted by Crippen LogP contribution is -2.36. The molecule has 0 saturated carbocycles. The van der Waals surface area contributed by atoms with Gasteiger partial charge in [-0.15, -0.1) is 24.2 Å². The van der Waals surface area contributed by atoms with E-state index in [9.17, 15) is 18.7 Å². The molecule has 1 saturated heterocycles. The number of halogens is 3. The summed E-state index contributed by atoms with van der Waals surface area (Å²) >= 11 is 0.969. The number of β-amino-alcohol motifs (C(OH)–C–C–N with tert-alkyl or cyclic N) is 1. The third-order valence-electron chi connectivity index (χ3n) is 4.32. The lowest BCUT2D eigenvalue weighted by molar-refractivity contribution is -0.120. The summed E-state index contributed by atoms with van der Waals surface area (Å²) in [4.78, 5) is 12.8. The van der Waals surface area contributed by atoms with E-state index in [0.29, 0.717) is 25.2 Å². The average Bonchev–Trinajstić information content (AvgIpc) is 3.06. The first-order chi connectivity index (χ1) is 12.5. The quantitative estimate of drug-likeness (QED) is 0.636. The number of amides is 1. The first-order valence-corrected chi connectivity index (χ1v) is 9.25. The number of hydrogen-bond acceptors (Lipinski definition) is 4. The fourth-order valence-electron chi connectivity index (χ4n) is 2.85. The molecule has 1 amide bonds. The van der Waals surface area contributed by atoms with E-state index in [1.54, 1.807) is 24.3 Å². The number of rotatable bonds is 6. The first-order valence-electron chi connectivity index (χ1n) is 8.37. The second kappa shape index (κ2) is 10.0. The normalized spacial score (nSPS) is 20.0. The molecule has 1 aliphatic rings. The van der Waals surface area contributed by atoms with Gasteiger partial charge in [0, 0.05) is 30.4 Å². The lowest BCUT2D eigenvalue weighted by Gasteiger charge is -2.20. The van der Waals surface area contributed by atoms with Crippen LogP contribution in [-0.4, -0.2) is 36.8 Å². The second-order valence-electron chi connectivity index (χ2n) is 6.21. The highest BCUT2D eigenvalue weighted by atomic mass is 35.5. The fraction of sp³-hybridized carbons (Fsp3) is 0.316. The topological polar surface area (TPSA) is 61.4 Å². The summed E-state index contributed by atoms with van der Waals surface area (Å²) < 4.78 is 27.5. The van der Waals surface area contributed by atoms with Crippen LogP contribution < -0.4 is 10.6 Å². The van der Waals surface area contributed by atoms with Gasteiger partial charge in [0.05, 0.1) is 6.10 Å². The van der Waals surface area contributed by atoms with E-state index in [1.165, 1.54) is 0 Å². The van der Waals surface area contributed by atoms with Crippen molar-refractivity contribution >= 4 is 30.1 Å². The Bertz CT molecular complexity index is 767. The molecule has 27 heavy (non-hydrogen) atoms. The molecule has 0 aliphatic carbocycles. The van der Waals surface area contributed by atoms with Crippen LogP contribution in [0.5, 0.6) is 0 Å². The third-order valence-corrected chi connectivity index (χ3v) is 5.61. The number of aliphatic hydroxyl groups excluding tert-OH is 1. The molecular formula is C19H21ClF2N2O2S. The summed E-state index contributed by atoms with van der Waals surface area (Å²) in [7, 11) is 0. The van der Waals surface area contributed by atoms with Gasteiger partial charge in [-0.05, 0) is 23.8 Å². The van der Waals surface area contributed by atoms with Crippen molar-refractivity contribution in [3.63, 3.8) is 0 Å². The SMILES string of the molecule is Cl.O=C(NCC1CNCC1O)C(Sc1cc(F)ccc1F)c1ccccc1. The van der Waals surface area contributed by atoms with Gasteiger partial charge in [0.1, 0.15) is 16.9 Å². The molecule has 3 rings (SSSR count). The molecule has 0 spiro atoms. The molecule has 146 valence electrons. The van der Waals surface area contributed by atoms with E-state index in [4.69, 9.17) is 0 Å². The highest BCUT2D eigenvalue weighted by molar-refractivity contribution is 8.00. The van der Waals surface area contributed by atoms with Crippen LogP contribution >= 0.6 is 24.2 Å². The van der Waals surface area contributed by atoms with Gasteiger partial charge in [0.2, 0.25) is 5.91 Å². The highest BCUT2D eigenvalue weighted by Crippen LogP contribution is 2.37. The van der Waals surface area contributed by atoms with Gasteiger partial charge in [-0.3, -0.25) is 4.79 Å². The molecule has 0 bridgehead atoms. The fourth-order valence-corrected chi connectivity index (χ4v) is 3.95. The molecule has 0 aromatic heterocycles. The second-order valence-corrected chi connectivity index (χ2v) is 7.36. The maximum Gasteiger partial charge on any atom is 0.238 e. The molecule has 3 N–H and O–H groups in total. The van der Waals surface area contributed by atoms with Crippen molar-refractivity contribution in [3.05, 3.63) is 65.7 Å². The summed E-state index contributed by atoms with van der Waals surface area (Å²) in [5.41, 5.74) is 0.698. The molecular weight excluding hydrogens is 394 g/mol. The van der Waals surface area contributed by atoms with Crippen molar-refractivity contribution in [2.24, 2.45) is 5.92 Å². The number of carbonyl (C=O) groups is 1. The van der Waals surface area contributed by atoms with Gasteiger partial charge >= 0.3 is 0 Å². The average molecular weight is 415 g/mol. The van der Waals surface area contributed by atoms with Crippen LogP contribution in [0.25, 0.3) is 0 Å². The Morgan fingerprint density at radius 3 is 2.63 bits per heavy atom. The van der Waals surface area contributed by atoms with Gasteiger partial charge in [0.25, 0.3) is 0 Å².